The number of aromatic nitrogens is 2. The van der Waals surface area contributed by atoms with Crippen LogP contribution in [0.5, 0.6) is 11.5 Å². The van der Waals surface area contributed by atoms with Crippen LogP contribution in [0, 0.1) is 0 Å². The monoisotopic (exact) mass is 521 g/mol. The lowest BCUT2D eigenvalue weighted by Crippen LogP contribution is -2.33. The van der Waals surface area contributed by atoms with E-state index in [1.165, 1.54) is 46.4 Å². The zero-order valence-electron chi connectivity index (χ0n) is 23.5. The molecule has 1 fully saturated rings. The number of piperidine rings is 1. The van der Waals surface area contributed by atoms with Gasteiger partial charge in [0.05, 0.1) is 11.4 Å². The summed E-state index contributed by atoms with van der Waals surface area (Å²) >= 11 is 0. The van der Waals surface area contributed by atoms with Crippen molar-refractivity contribution in [2.45, 2.75) is 72.0 Å². The minimum absolute atomic E-state index is 0.311. The van der Waals surface area contributed by atoms with Crippen molar-refractivity contribution in [3.63, 3.8) is 0 Å². The molecule has 4 aromatic rings. The molecule has 2 aliphatic heterocycles. The van der Waals surface area contributed by atoms with Gasteiger partial charge in [0.15, 0.2) is 11.5 Å². The van der Waals surface area contributed by atoms with Crippen LogP contribution in [0.1, 0.15) is 68.5 Å². The maximum Gasteiger partial charge on any atom is 0.231 e. The molecule has 1 aromatic heterocycles. The molecule has 202 valence electrons. The molecule has 0 bridgehead atoms. The molecule has 39 heavy (non-hydrogen) atoms. The minimum Gasteiger partial charge on any atom is -0.454 e. The largest absolute Gasteiger partial charge is 0.454 e. The fraction of sp³-hybridized carbons (Fsp3) is 0.382. The van der Waals surface area contributed by atoms with Gasteiger partial charge in [-0.05, 0) is 68.0 Å². The maximum atomic E-state index is 5.74. The molecule has 1 saturated heterocycles. The molecule has 0 N–H and O–H groups in total. The van der Waals surface area contributed by atoms with Crippen LogP contribution in [-0.4, -0.2) is 27.8 Å². The van der Waals surface area contributed by atoms with Crippen molar-refractivity contribution in [2.24, 2.45) is 0 Å². The molecular weight excluding hydrogens is 482 g/mol. The normalized spacial score (nSPS) is 17.1. The van der Waals surface area contributed by atoms with Gasteiger partial charge in [0.2, 0.25) is 6.79 Å². The van der Waals surface area contributed by atoms with Crippen molar-refractivity contribution >= 4 is 0 Å². The molecule has 6 rings (SSSR count). The lowest BCUT2D eigenvalue weighted by Gasteiger charge is -2.36. The molecule has 5 heteroatoms. The Morgan fingerprint density at radius 3 is 2.36 bits per heavy atom. The minimum atomic E-state index is 0.311. The van der Waals surface area contributed by atoms with E-state index >= 15 is 0 Å². The quantitative estimate of drug-likeness (QED) is 0.237. The first-order valence-corrected chi connectivity index (χ1v) is 14.6. The van der Waals surface area contributed by atoms with Crippen molar-refractivity contribution in [1.29, 1.82) is 0 Å². The van der Waals surface area contributed by atoms with Crippen LogP contribution in [0.25, 0.3) is 22.6 Å². The molecule has 0 spiro atoms. The number of benzene rings is 3. The molecule has 3 aromatic carbocycles. The summed E-state index contributed by atoms with van der Waals surface area (Å²) in [4.78, 5) is 8.11. The highest BCUT2D eigenvalue weighted by molar-refractivity contribution is 5.72. The first-order valence-electron chi connectivity index (χ1n) is 14.6. The average molecular weight is 522 g/mol. The van der Waals surface area contributed by atoms with E-state index in [-0.39, 0.29) is 0 Å². The van der Waals surface area contributed by atoms with Gasteiger partial charge in [0.1, 0.15) is 5.82 Å². The van der Waals surface area contributed by atoms with Crippen LogP contribution < -0.4 is 9.47 Å². The number of ether oxygens (including phenoxy) is 2. The Morgan fingerprint density at radius 2 is 1.62 bits per heavy atom. The van der Waals surface area contributed by atoms with Crippen LogP contribution in [0.4, 0.5) is 0 Å². The molecule has 0 amide bonds. The third-order valence-corrected chi connectivity index (χ3v) is 8.41. The molecule has 1 atom stereocenters. The summed E-state index contributed by atoms with van der Waals surface area (Å²) in [6, 6.07) is 24.3. The number of rotatable bonds is 8. The van der Waals surface area contributed by atoms with E-state index in [4.69, 9.17) is 14.5 Å². The number of nitrogens with zero attached hydrogens (tertiary/aromatic N) is 3. The van der Waals surface area contributed by atoms with E-state index in [9.17, 15) is 0 Å². The predicted molar refractivity (Wildman–Crippen MR) is 157 cm³/mol. The number of imidazole rings is 1. The van der Waals surface area contributed by atoms with Gasteiger partial charge in [-0.2, -0.15) is 0 Å². The van der Waals surface area contributed by atoms with Crippen molar-refractivity contribution < 1.29 is 9.47 Å². The summed E-state index contributed by atoms with van der Waals surface area (Å²) in [5.41, 5.74) is 8.97. The first kappa shape index (κ1) is 25.7. The molecule has 3 heterocycles. The summed E-state index contributed by atoms with van der Waals surface area (Å²) in [7, 11) is 0. The van der Waals surface area contributed by atoms with Gasteiger partial charge in [0, 0.05) is 30.3 Å². The average Bonchev–Trinajstić information content (AvgIpc) is 3.61. The van der Waals surface area contributed by atoms with Crippen LogP contribution in [0.15, 0.2) is 66.7 Å². The topological polar surface area (TPSA) is 39.5 Å². The molecule has 0 aliphatic carbocycles. The van der Waals surface area contributed by atoms with E-state index in [1.807, 2.05) is 0 Å². The second-order valence-corrected chi connectivity index (χ2v) is 10.6. The van der Waals surface area contributed by atoms with E-state index in [2.05, 4.69) is 97.0 Å². The number of aryl methyl sites for hydroxylation is 2. The zero-order chi connectivity index (χ0) is 26.8. The van der Waals surface area contributed by atoms with Gasteiger partial charge in [-0.1, -0.05) is 74.9 Å². The molecule has 1 unspecified atom stereocenters. The van der Waals surface area contributed by atoms with Gasteiger partial charge >= 0.3 is 0 Å². The smallest absolute Gasteiger partial charge is 0.231 e. The fourth-order valence-corrected chi connectivity index (χ4v) is 6.41. The Kier molecular flexibility index (Phi) is 7.43. The van der Waals surface area contributed by atoms with Gasteiger partial charge in [-0.3, -0.25) is 4.90 Å². The number of likely N-dealkylation sites (tertiary alicyclic amines) is 1. The Morgan fingerprint density at radius 1 is 0.846 bits per heavy atom. The van der Waals surface area contributed by atoms with Crippen molar-refractivity contribution in [3.05, 3.63) is 89.1 Å². The molecular formula is C34H39N3O2. The van der Waals surface area contributed by atoms with Crippen molar-refractivity contribution in [1.82, 2.24) is 14.5 Å². The third-order valence-electron chi connectivity index (χ3n) is 8.41. The number of hydrogen-bond acceptors (Lipinski definition) is 4. The predicted octanol–water partition coefficient (Wildman–Crippen LogP) is 7.82. The van der Waals surface area contributed by atoms with E-state index in [0.29, 0.717) is 12.8 Å². The Bertz CT molecular complexity index is 1420. The molecule has 0 radical (unpaired) electrons. The second-order valence-electron chi connectivity index (χ2n) is 10.6. The lowest BCUT2D eigenvalue weighted by molar-refractivity contribution is 0.137. The molecule has 2 aliphatic rings. The van der Waals surface area contributed by atoms with Crippen LogP contribution in [0.2, 0.25) is 0 Å². The van der Waals surface area contributed by atoms with Crippen LogP contribution >= 0.6 is 0 Å². The highest BCUT2D eigenvalue weighted by Crippen LogP contribution is 2.40. The Labute approximate surface area is 232 Å². The maximum absolute atomic E-state index is 5.74. The SMILES string of the molecule is CCc1cccc(CC)c1-c1nc(-c2ccccc2)c(CN2CCCCC2c2ccc3c(c2)OCO3)n1CC. The highest BCUT2D eigenvalue weighted by atomic mass is 16.7. The van der Waals surface area contributed by atoms with Crippen LogP contribution in [-0.2, 0) is 25.9 Å². The van der Waals surface area contributed by atoms with E-state index in [1.54, 1.807) is 0 Å². The van der Waals surface area contributed by atoms with Crippen molar-refractivity contribution in [3.8, 4) is 34.1 Å². The van der Waals surface area contributed by atoms with Crippen LogP contribution in [0.3, 0.4) is 0 Å². The Balaban J connectivity index is 1.46. The Hall–Kier alpha value is -3.57. The first-order chi connectivity index (χ1) is 19.2. The second kappa shape index (κ2) is 11.3. The number of fused-ring (bicyclic) bond motifs is 1. The zero-order valence-corrected chi connectivity index (χ0v) is 23.5. The van der Waals surface area contributed by atoms with E-state index < -0.39 is 0 Å². The third kappa shape index (κ3) is 4.85. The fourth-order valence-electron chi connectivity index (χ4n) is 6.41. The molecule has 0 saturated carbocycles. The number of hydrogen-bond donors (Lipinski definition) is 0. The van der Waals surface area contributed by atoms with E-state index in [0.717, 1.165) is 61.9 Å². The summed E-state index contributed by atoms with van der Waals surface area (Å²) in [6.07, 6.45) is 5.59. The summed E-state index contributed by atoms with van der Waals surface area (Å²) in [5.74, 6) is 2.83. The van der Waals surface area contributed by atoms with Gasteiger partial charge < -0.3 is 14.0 Å². The molecule has 5 nitrogen and oxygen atoms in total. The van der Waals surface area contributed by atoms with Crippen molar-refractivity contribution in [2.75, 3.05) is 13.3 Å². The summed E-state index contributed by atoms with van der Waals surface area (Å²) in [6.45, 7) is 9.89. The van der Waals surface area contributed by atoms with Gasteiger partial charge in [-0.15, -0.1) is 0 Å². The highest BCUT2D eigenvalue weighted by Gasteiger charge is 2.29. The van der Waals surface area contributed by atoms with Gasteiger partial charge in [0.25, 0.3) is 0 Å². The standard InChI is InChI=1S/C34H39N3O2/c1-4-24-15-12-16-25(5-2)32(24)34-35-33(26-13-8-7-9-14-26)29(37(34)6-3)22-36-20-11-10-17-28(36)27-18-19-30-31(21-27)39-23-38-30/h7-9,12-16,18-19,21,28H,4-6,10-11,17,20,22-23H2,1-3H3. The summed E-state index contributed by atoms with van der Waals surface area (Å²) < 4.78 is 13.8. The van der Waals surface area contributed by atoms with Gasteiger partial charge in [-0.25, -0.2) is 4.98 Å². The lowest BCUT2D eigenvalue weighted by atomic mass is 9.94. The summed E-state index contributed by atoms with van der Waals surface area (Å²) in [5, 5.41) is 0.